The SMILES string of the molecule is C=O.CCC(C)(CC)Oc1ccc(Oc2ccc(C)cc2)cc1.CCC(C)(CC)c1ccc(C)cc1. The predicted molar refractivity (Wildman–Crippen MR) is 154 cm³/mol. The van der Waals surface area contributed by atoms with E-state index in [1.165, 1.54) is 29.5 Å². The van der Waals surface area contributed by atoms with E-state index in [0.29, 0.717) is 5.41 Å². The predicted octanol–water partition coefficient (Wildman–Crippen LogP) is 9.63. The summed E-state index contributed by atoms with van der Waals surface area (Å²) in [6, 6.07) is 24.8. The molecule has 0 heterocycles. The second-order valence-electron chi connectivity index (χ2n) is 9.78. The van der Waals surface area contributed by atoms with Crippen LogP contribution >= 0.6 is 0 Å². The Morgan fingerprint density at radius 2 is 0.944 bits per heavy atom. The molecule has 36 heavy (non-hydrogen) atoms. The number of hydrogen-bond acceptors (Lipinski definition) is 3. The lowest BCUT2D eigenvalue weighted by Gasteiger charge is -2.28. The molecule has 3 rings (SSSR count). The van der Waals surface area contributed by atoms with Gasteiger partial charge in [-0.1, -0.05) is 82.1 Å². The number of benzene rings is 3. The fourth-order valence-electron chi connectivity index (χ4n) is 3.61. The van der Waals surface area contributed by atoms with Crippen LogP contribution in [0.2, 0.25) is 0 Å². The minimum absolute atomic E-state index is 0.0979. The average molecular weight is 491 g/mol. The molecule has 3 heteroatoms. The Hall–Kier alpha value is -3.07. The van der Waals surface area contributed by atoms with Gasteiger partial charge in [-0.3, -0.25) is 0 Å². The van der Waals surface area contributed by atoms with Crippen molar-refractivity contribution in [3.05, 3.63) is 89.5 Å². The molecule has 0 radical (unpaired) electrons. The van der Waals surface area contributed by atoms with Crippen molar-refractivity contribution >= 4 is 6.79 Å². The van der Waals surface area contributed by atoms with Crippen molar-refractivity contribution in [1.82, 2.24) is 0 Å². The van der Waals surface area contributed by atoms with Crippen LogP contribution in [0.3, 0.4) is 0 Å². The third-order valence-electron chi connectivity index (χ3n) is 7.25. The molecule has 0 saturated heterocycles. The van der Waals surface area contributed by atoms with Crippen molar-refractivity contribution in [2.45, 2.75) is 92.1 Å². The molecule has 0 fully saturated rings. The van der Waals surface area contributed by atoms with Gasteiger partial charge in [0.05, 0.1) is 0 Å². The highest BCUT2D eigenvalue weighted by Crippen LogP contribution is 2.31. The highest BCUT2D eigenvalue weighted by atomic mass is 16.5. The number of aryl methyl sites for hydroxylation is 2. The van der Waals surface area contributed by atoms with Gasteiger partial charge >= 0.3 is 0 Å². The summed E-state index contributed by atoms with van der Waals surface area (Å²) >= 11 is 0. The van der Waals surface area contributed by atoms with E-state index in [1.54, 1.807) is 0 Å². The molecule has 0 aliphatic carbocycles. The lowest BCUT2D eigenvalue weighted by Crippen LogP contribution is -2.30. The normalized spacial score (nSPS) is 10.9. The second-order valence-corrected chi connectivity index (χ2v) is 9.78. The van der Waals surface area contributed by atoms with Crippen LogP contribution in [0.5, 0.6) is 17.2 Å². The summed E-state index contributed by atoms with van der Waals surface area (Å²) in [5.74, 6) is 2.56. The standard InChI is InChI=1S/C19H24O2.C13H20.CH2O/c1-5-19(4,6-2)21-18-13-11-17(12-14-18)20-16-9-7-15(3)8-10-16;1-5-13(4,6-2)12-9-7-11(3)8-10-12;1-2/h7-14H,5-6H2,1-4H3;7-10H,5-6H2,1-4H3;1H2. The highest BCUT2D eigenvalue weighted by Gasteiger charge is 2.22. The Bertz CT molecular complexity index is 981. The van der Waals surface area contributed by atoms with Gasteiger partial charge in [0.15, 0.2) is 0 Å². The maximum Gasteiger partial charge on any atom is 0.127 e. The zero-order valence-corrected chi connectivity index (χ0v) is 23.7. The zero-order chi connectivity index (χ0) is 27.2. The number of rotatable bonds is 9. The lowest BCUT2D eigenvalue weighted by atomic mass is 9.78. The molecule has 3 aromatic rings. The van der Waals surface area contributed by atoms with Crippen molar-refractivity contribution < 1.29 is 14.3 Å². The second kappa shape index (κ2) is 15.1. The van der Waals surface area contributed by atoms with Gasteiger partial charge in [0.1, 0.15) is 29.6 Å². The molecular formula is C33H46O3. The molecule has 0 bridgehead atoms. The molecule has 0 atom stereocenters. The molecule has 0 aliphatic heterocycles. The first-order valence-electron chi connectivity index (χ1n) is 13.1. The van der Waals surface area contributed by atoms with Gasteiger partial charge in [0.2, 0.25) is 0 Å². The summed E-state index contributed by atoms with van der Waals surface area (Å²) in [4.78, 5) is 8.00. The van der Waals surface area contributed by atoms with Gasteiger partial charge in [-0.25, -0.2) is 0 Å². The molecule has 0 unspecified atom stereocenters. The van der Waals surface area contributed by atoms with Gasteiger partial charge in [-0.2, -0.15) is 0 Å². The number of hydrogen-bond donors (Lipinski definition) is 0. The summed E-state index contributed by atoms with van der Waals surface area (Å²) in [6.07, 6.45) is 4.41. The largest absolute Gasteiger partial charge is 0.488 e. The molecule has 0 spiro atoms. The average Bonchev–Trinajstić information content (AvgIpc) is 2.92. The van der Waals surface area contributed by atoms with Gasteiger partial charge in [-0.05, 0) is 93.8 Å². The van der Waals surface area contributed by atoms with Crippen LogP contribution in [0.15, 0.2) is 72.8 Å². The van der Waals surface area contributed by atoms with E-state index in [9.17, 15) is 0 Å². The Labute approximate surface area is 219 Å². The summed E-state index contributed by atoms with van der Waals surface area (Å²) in [7, 11) is 0. The van der Waals surface area contributed by atoms with Crippen molar-refractivity contribution in [3.63, 3.8) is 0 Å². The lowest BCUT2D eigenvalue weighted by molar-refractivity contribution is -0.0980. The summed E-state index contributed by atoms with van der Waals surface area (Å²) in [5.41, 5.74) is 4.32. The Kier molecular flexibility index (Phi) is 13.0. The third-order valence-corrected chi connectivity index (χ3v) is 7.25. The summed E-state index contributed by atoms with van der Waals surface area (Å²) < 4.78 is 11.9. The number of carbonyl (C=O) groups excluding carboxylic acids is 1. The van der Waals surface area contributed by atoms with Crippen molar-refractivity contribution in [1.29, 1.82) is 0 Å². The van der Waals surface area contributed by atoms with Gasteiger partial charge in [0.25, 0.3) is 0 Å². The van der Waals surface area contributed by atoms with Crippen LogP contribution in [0.1, 0.15) is 83.9 Å². The van der Waals surface area contributed by atoms with E-state index in [2.05, 4.69) is 79.7 Å². The Morgan fingerprint density at radius 1 is 0.583 bits per heavy atom. The molecule has 3 nitrogen and oxygen atoms in total. The molecule has 0 amide bonds. The highest BCUT2D eigenvalue weighted by molar-refractivity contribution is 5.36. The summed E-state index contributed by atoms with van der Waals surface area (Å²) in [6.45, 7) is 19.5. The van der Waals surface area contributed by atoms with Gasteiger partial charge < -0.3 is 14.3 Å². The number of ether oxygens (including phenoxy) is 2. The molecule has 3 aromatic carbocycles. The summed E-state index contributed by atoms with van der Waals surface area (Å²) in [5, 5.41) is 0. The fourth-order valence-corrected chi connectivity index (χ4v) is 3.61. The van der Waals surface area contributed by atoms with Gasteiger partial charge in [0, 0.05) is 0 Å². The smallest absolute Gasteiger partial charge is 0.127 e. The van der Waals surface area contributed by atoms with Crippen LogP contribution in [0, 0.1) is 13.8 Å². The van der Waals surface area contributed by atoms with Crippen molar-refractivity contribution in [3.8, 4) is 17.2 Å². The molecule has 0 N–H and O–H groups in total. The first kappa shape index (κ1) is 31.0. The molecule has 0 saturated carbocycles. The molecule has 196 valence electrons. The van der Waals surface area contributed by atoms with Crippen LogP contribution in [0.25, 0.3) is 0 Å². The van der Waals surface area contributed by atoms with Gasteiger partial charge in [-0.15, -0.1) is 0 Å². The Morgan fingerprint density at radius 3 is 1.33 bits per heavy atom. The van der Waals surface area contributed by atoms with E-state index in [1.807, 2.05) is 55.3 Å². The molecular weight excluding hydrogens is 444 g/mol. The number of carbonyl (C=O) groups is 1. The minimum Gasteiger partial charge on any atom is -0.488 e. The van der Waals surface area contributed by atoms with Crippen molar-refractivity contribution in [2.75, 3.05) is 0 Å². The van der Waals surface area contributed by atoms with Crippen LogP contribution in [-0.2, 0) is 10.2 Å². The Balaban J connectivity index is 0.000000371. The van der Waals surface area contributed by atoms with E-state index in [0.717, 1.165) is 30.1 Å². The first-order valence-corrected chi connectivity index (χ1v) is 13.1. The van der Waals surface area contributed by atoms with E-state index >= 15 is 0 Å². The van der Waals surface area contributed by atoms with E-state index in [4.69, 9.17) is 14.3 Å². The third kappa shape index (κ3) is 9.53. The van der Waals surface area contributed by atoms with E-state index in [-0.39, 0.29) is 5.60 Å². The fraction of sp³-hybridized carbons (Fsp3) is 0.424. The monoisotopic (exact) mass is 490 g/mol. The maximum atomic E-state index is 8.00. The topological polar surface area (TPSA) is 35.5 Å². The zero-order valence-electron chi connectivity index (χ0n) is 23.7. The van der Waals surface area contributed by atoms with Crippen LogP contribution in [-0.4, -0.2) is 12.4 Å². The first-order chi connectivity index (χ1) is 17.2. The van der Waals surface area contributed by atoms with Crippen molar-refractivity contribution in [2.24, 2.45) is 0 Å². The molecule has 0 aromatic heterocycles. The quantitative estimate of drug-likeness (QED) is 0.299. The molecule has 0 aliphatic rings. The minimum atomic E-state index is -0.0979. The van der Waals surface area contributed by atoms with E-state index < -0.39 is 0 Å². The van der Waals surface area contributed by atoms with Crippen LogP contribution in [0.4, 0.5) is 0 Å². The maximum absolute atomic E-state index is 8.00. The van der Waals surface area contributed by atoms with Crippen LogP contribution < -0.4 is 9.47 Å².